The molecule has 1 aromatic carbocycles. The highest BCUT2D eigenvalue weighted by atomic mass is 35.5. The summed E-state index contributed by atoms with van der Waals surface area (Å²) in [5.74, 6) is 1.63. The van der Waals surface area contributed by atoms with Crippen molar-refractivity contribution < 1.29 is 4.79 Å². The number of nitrogens with one attached hydrogen (secondary N) is 2. The standard InChI is InChI=1S/C16H23N3O.ClH/c1-12(16(20)18-15-5-3-2-4-6-15)19-8-7-13-9-17-10-14(13)11-19;/h2-6,12-14,17H,7-11H2,1H3,(H,18,20);1H. The molecule has 3 rings (SSSR count). The fraction of sp³-hybridized carbons (Fsp3) is 0.562. The Balaban J connectivity index is 0.00000161. The van der Waals surface area contributed by atoms with Gasteiger partial charge in [0.15, 0.2) is 0 Å². The van der Waals surface area contributed by atoms with Gasteiger partial charge in [0.05, 0.1) is 6.04 Å². The minimum Gasteiger partial charge on any atom is -0.325 e. The molecule has 116 valence electrons. The lowest BCUT2D eigenvalue weighted by Gasteiger charge is -2.37. The molecular formula is C16H24ClN3O. The summed E-state index contributed by atoms with van der Waals surface area (Å²) in [4.78, 5) is 14.7. The van der Waals surface area contributed by atoms with E-state index in [-0.39, 0.29) is 24.4 Å². The van der Waals surface area contributed by atoms with E-state index in [1.807, 2.05) is 37.3 Å². The van der Waals surface area contributed by atoms with E-state index in [9.17, 15) is 4.79 Å². The summed E-state index contributed by atoms with van der Waals surface area (Å²) in [5.41, 5.74) is 0.877. The van der Waals surface area contributed by atoms with Gasteiger partial charge in [-0.3, -0.25) is 9.69 Å². The molecule has 21 heavy (non-hydrogen) atoms. The molecule has 1 aromatic rings. The number of carbonyl (C=O) groups excluding carboxylic acids is 1. The van der Waals surface area contributed by atoms with Crippen molar-refractivity contribution in [3.05, 3.63) is 30.3 Å². The highest BCUT2D eigenvalue weighted by Crippen LogP contribution is 2.27. The summed E-state index contributed by atoms with van der Waals surface area (Å²) in [6.45, 7) is 6.35. The van der Waals surface area contributed by atoms with Crippen LogP contribution in [0.1, 0.15) is 13.3 Å². The van der Waals surface area contributed by atoms with Crippen molar-refractivity contribution in [1.29, 1.82) is 0 Å². The van der Waals surface area contributed by atoms with E-state index >= 15 is 0 Å². The van der Waals surface area contributed by atoms with Crippen LogP contribution in [0, 0.1) is 11.8 Å². The van der Waals surface area contributed by atoms with Crippen molar-refractivity contribution in [2.45, 2.75) is 19.4 Å². The van der Waals surface area contributed by atoms with Crippen LogP contribution in [0.15, 0.2) is 30.3 Å². The van der Waals surface area contributed by atoms with Gasteiger partial charge in [-0.25, -0.2) is 0 Å². The maximum Gasteiger partial charge on any atom is 0.241 e. The van der Waals surface area contributed by atoms with Crippen LogP contribution in [0.2, 0.25) is 0 Å². The summed E-state index contributed by atoms with van der Waals surface area (Å²) < 4.78 is 0. The normalized spacial score (nSPS) is 26.5. The Labute approximate surface area is 132 Å². The van der Waals surface area contributed by atoms with Crippen molar-refractivity contribution in [1.82, 2.24) is 10.2 Å². The smallest absolute Gasteiger partial charge is 0.241 e. The Kier molecular flexibility index (Phi) is 5.62. The Bertz CT molecular complexity index is 468. The van der Waals surface area contributed by atoms with Gasteiger partial charge in [0.1, 0.15) is 0 Å². The predicted molar refractivity (Wildman–Crippen MR) is 87.8 cm³/mol. The summed E-state index contributed by atoms with van der Waals surface area (Å²) in [5, 5.41) is 6.47. The second kappa shape index (κ2) is 7.25. The van der Waals surface area contributed by atoms with Crippen LogP contribution in [0.5, 0.6) is 0 Å². The second-order valence-corrected chi connectivity index (χ2v) is 5.99. The van der Waals surface area contributed by atoms with Gasteiger partial charge in [0.25, 0.3) is 0 Å². The van der Waals surface area contributed by atoms with Gasteiger partial charge in [-0.2, -0.15) is 0 Å². The van der Waals surface area contributed by atoms with Gasteiger partial charge < -0.3 is 10.6 Å². The molecule has 3 unspecified atom stereocenters. The molecule has 4 nitrogen and oxygen atoms in total. The average Bonchev–Trinajstić information content (AvgIpc) is 2.94. The molecule has 0 saturated carbocycles. The number of anilines is 1. The molecule has 0 radical (unpaired) electrons. The van der Waals surface area contributed by atoms with Gasteiger partial charge in [-0.05, 0) is 56.9 Å². The maximum absolute atomic E-state index is 12.3. The Morgan fingerprint density at radius 3 is 2.76 bits per heavy atom. The number of piperidine rings is 1. The molecule has 0 aromatic heterocycles. The first-order valence-corrected chi connectivity index (χ1v) is 7.54. The first-order chi connectivity index (χ1) is 9.74. The van der Waals surface area contributed by atoms with Crippen molar-refractivity contribution in [2.24, 2.45) is 11.8 Å². The number of halogens is 1. The maximum atomic E-state index is 12.3. The zero-order valence-electron chi connectivity index (χ0n) is 12.4. The fourth-order valence-corrected chi connectivity index (χ4v) is 3.35. The number of likely N-dealkylation sites (tertiary alicyclic amines) is 1. The molecule has 0 spiro atoms. The Hall–Kier alpha value is -1.10. The lowest BCUT2D eigenvalue weighted by molar-refractivity contribution is -0.121. The van der Waals surface area contributed by atoms with Crippen LogP contribution >= 0.6 is 12.4 Å². The molecule has 0 bridgehead atoms. The molecule has 2 saturated heterocycles. The minimum atomic E-state index is -0.0586. The molecular weight excluding hydrogens is 286 g/mol. The zero-order chi connectivity index (χ0) is 13.9. The van der Waals surface area contributed by atoms with Crippen molar-refractivity contribution in [3.8, 4) is 0 Å². The Morgan fingerprint density at radius 2 is 2.00 bits per heavy atom. The number of nitrogens with zero attached hydrogens (tertiary/aromatic N) is 1. The zero-order valence-corrected chi connectivity index (χ0v) is 13.2. The largest absolute Gasteiger partial charge is 0.325 e. The van der Waals surface area contributed by atoms with Gasteiger partial charge in [-0.1, -0.05) is 18.2 Å². The van der Waals surface area contributed by atoms with E-state index in [4.69, 9.17) is 0 Å². The third kappa shape index (κ3) is 3.76. The van der Waals surface area contributed by atoms with Crippen LogP contribution in [0.25, 0.3) is 0 Å². The topological polar surface area (TPSA) is 44.4 Å². The number of carbonyl (C=O) groups is 1. The van der Waals surface area contributed by atoms with Crippen LogP contribution in [0.3, 0.4) is 0 Å². The van der Waals surface area contributed by atoms with Crippen LogP contribution in [-0.2, 0) is 4.79 Å². The van der Waals surface area contributed by atoms with Gasteiger partial charge in [-0.15, -0.1) is 12.4 Å². The molecule has 2 N–H and O–H groups in total. The fourth-order valence-electron chi connectivity index (χ4n) is 3.35. The molecule has 1 amide bonds. The predicted octanol–water partition coefficient (Wildman–Crippen LogP) is 1.98. The molecule has 2 aliphatic heterocycles. The summed E-state index contributed by atoms with van der Waals surface area (Å²) >= 11 is 0. The lowest BCUT2D eigenvalue weighted by atomic mass is 9.88. The third-order valence-electron chi connectivity index (χ3n) is 4.70. The average molecular weight is 310 g/mol. The Morgan fingerprint density at radius 1 is 1.29 bits per heavy atom. The number of hydrogen-bond acceptors (Lipinski definition) is 3. The molecule has 2 aliphatic rings. The number of hydrogen-bond donors (Lipinski definition) is 2. The SMILES string of the molecule is CC(C(=O)Nc1ccccc1)N1CCC2CNCC2C1.Cl. The molecule has 5 heteroatoms. The monoisotopic (exact) mass is 309 g/mol. The van der Waals surface area contributed by atoms with E-state index in [1.54, 1.807) is 0 Å². The molecule has 2 heterocycles. The van der Waals surface area contributed by atoms with Crippen LogP contribution in [-0.4, -0.2) is 43.0 Å². The molecule has 2 fully saturated rings. The highest BCUT2D eigenvalue weighted by molar-refractivity contribution is 5.94. The number of benzene rings is 1. The highest BCUT2D eigenvalue weighted by Gasteiger charge is 2.35. The third-order valence-corrected chi connectivity index (χ3v) is 4.70. The van der Waals surface area contributed by atoms with Crippen LogP contribution in [0.4, 0.5) is 5.69 Å². The summed E-state index contributed by atoms with van der Waals surface area (Å²) in [6, 6.07) is 9.63. The lowest BCUT2D eigenvalue weighted by Crippen LogP contribution is -2.49. The van der Waals surface area contributed by atoms with E-state index in [0.717, 1.165) is 43.7 Å². The van der Waals surface area contributed by atoms with Gasteiger partial charge in [0, 0.05) is 12.2 Å². The molecule has 0 aliphatic carbocycles. The van der Waals surface area contributed by atoms with Gasteiger partial charge in [0.2, 0.25) is 5.91 Å². The van der Waals surface area contributed by atoms with Gasteiger partial charge >= 0.3 is 0 Å². The van der Waals surface area contributed by atoms with Crippen LogP contribution < -0.4 is 10.6 Å². The quantitative estimate of drug-likeness (QED) is 0.897. The van der Waals surface area contributed by atoms with E-state index in [0.29, 0.717) is 0 Å². The van der Waals surface area contributed by atoms with E-state index in [1.165, 1.54) is 6.42 Å². The second-order valence-electron chi connectivity index (χ2n) is 5.99. The summed E-state index contributed by atoms with van der Waals surface area (Å²) in [7, 11) is 0. The van der Waals surface area contributed by atoms with E-state index < -0.39 is 0 Å². The van der Waals surface area contributed by atoms with Crippen molar-refractivity contribution in [2.75, 3.05) is 31.5 Å². The first-order valence-electron chi connectivity index (χ1n) is 7.54. The summed E-state index contributed by atoms with van der Waals surface area (Å²) in [6.07, 6.45) is 1.21. The minimum absolute atomic E-state index is 0. The first kappa shape index (κ1) is 16.3. The molecule has 3 atom stereocenters. The number of para-hydroxylation sites is 1. The van der Waals surface area contributed by atoms with E-state index in [2.05, 4.69) is 15.5 Å². The van der Waals surface area contributed by atoms with Crippen molar-refractivity contribution >= 4 is 24.0 Å². The number of fused-ring (bicyclic) bond motifs is 1. The van der Waals surface area contributed by atoms with Crippen molar-refractivity contribution in [3.63, 3.8) is 0 Å². The number of amides is 1. The number of rotatable bonds is 3.